The minimum Gasteiger partial charge on any atom is -0.379 e. The first-order valence-electron chi connectivity index (χ1n) is 10.7. The zero-order valence-corrected chi connectivity index (χ0v) is 21.0. The van der Waals surface area contributed by atoms with Gasteiger partial charge in [-0.1, -0.05) is 13.8 Å². The summed E-state index contributed by atoms with van der Waals surface area (Å²) in [4.78, 5) is 12.0. The maximum atomic E-state index is 5.48. The topological polar surface area (TPSA) is 55.4 Å². The first kappa shape index (κ1) is 25.9. The fraction of sp³-hybridized carbons (Fsp3) is 0.950. The Morgan fingerprint density at radius 2 is 1.64 bits per heavy atom. The molecule has 1 atom stereocenters. The predicted octanol–water partition coefficient (Wildman–Crippen LogP) is 1.15. The van der Waals surface area contributed by atoms with E-state index >= 15 is 0 Å². The number of guanidine groups is 1. The van der Waals surface area contributed by atoms with Crippen molar-refractivity contribution in [1.82, 2.24) is 25.3 Å². The molecular weight excluding hydrogens is 467 g/mol. The number of ether oxygens (including phenoxy) is 1. The third-order valence-corrected chi connectivity index (χ3v) is 5.88. The van der Waals surface area contributed by atoms with Crippen molar-refractivity contribution in [3.8, 4) is 0 Å². The predicted molar refractivity (Wildman–Crippen MR) is 129 cm³/mol. The van der Waals surface area contributed by atoms with E-state index in [-0.39, 0.29) is 29.5 Å². The van der Waals surface area contributed by atoms with Crippen molar-refractivity contribution in [3.05, 3.63) is 0 Å². The Morgan fingerprint density at radius 1 is 1.04 bits per heavy atom. The number of hydrogen-bond donors (Lipinski definition) is 2. The quantitative estimate of drug-likeness (QED) is 0.291. The van der Waals surface area contributed by atoms with Gasteiger partial charge in [-0.2, -0.15) is 0 Å². The highest BCUT2D eigenvalue weighted by Gasteiger charge is 2.28. The van der Waals surface area contributed by atoms with Crippen LogP contribution in [0.5, 0.6) is 0 Å². The Hall–Kier alpha value is -0.160. The summed E-state index contributed by atoms with van der Waals surface area (Å²) in [7, 11) is 1.85. The second-order valence-electron chi connectivity index (χ2n) is 8.56. The zero-order chi connectivity index (χ0) is 19.7. The molecule has 0 aromatic heterocycles. The second-order valence-corrected chi connectivity index (χ2v) is 8.56. The van der Waals surface area contributed by atoms with E-state index in [1.165, 1.54) is 32.7 Å². The van der Waals surface area contributed by atoms with Crippen molar-refractivity contribution >= 4 is 29.9 Å². The van der Waals surface area contributed by atoms with Crippen LogP contribution in [0.3, 0.4) is 0 Å². The molecule has 2 fully saturated rings. The molecule has 2 aliphatic heterocycles. The summed E-state index contributed by atoms with van der Waals surface area (Å²) >= 11 is 0. The van der Waals surface area contributed by atoms with Crippen LogP contribution in [-0.4, -0.2) is 112 Å². The third kappa shape index (κ3) is 8.69. The van der Waals surface area contributed by atoms with E-state index in [0.29, 0.717) is 5.92 Å². The highest BCUT2D eigenvalue weighted by molar-refractivity contribution is 14.0. The van der Waals surface area contributed by atoms with E-state index in [1.54, 1.807) is 0 Å². The molecule has 7 nitrogen and oxygen atoms in total. The van der Waals surface area contributed by atoms with Gasteiger partial charge < -0.3 is 25.2 Å². The third-order valence-electron chi connectivity index (χ3n) is 5.88. The molecule has 1 unspecified atom stereocenters. The minimum atomic E-state index is 0. The van der Waals surface area contributed by atoms with Crippen LogP contribution in [0.1, 0.15) is 27.7 Å². The van der Waals surface area contributed by atoms with Crippen LogP contribution in [0.2, 0.25) is 0 Å². The Balaban J connectivity index is 0.00000392. The lowest BCUT2D eigenvalue weighted by molar-refractivity contribution is -0.00834. The standard InChI is InChI=1S/C20H42N6O.HI/c1-6-24-7-9-25(10-8-24)16-18(2)15-22-19(21-5)23-17-20(3,4)26-11-13-27-14-12-26;/h18H,6-17H2,1-5H3,(H2,21,22,23);1H. The fourth-order valence-electron chi connectivity index (χ4n) is 3.87. The van der Waals surface area contributed by atoms with Gasteiger partial charge in [-0.15, -0.1) is 24.0 Å². The molecule has 2 rings (SSSR count). The SMILES string of the molecule is CCN1CCN(CC(C)CNC(=NC)NCC(C)(C)N2CCOCC2)CC1.I. The van der Waals surface area contributed by atoms with Gasteiger partial charge in [-0.05, 0) is 26.3 Å². The molecule has 0 aromatic carbocycles. The molecule has 0 bridgehead atoms. The summed E-state index contributed by atoms with van der Waals surface area (Å²) in [5.41, 5.74) is 0.0893. The highest BCUT2D eigenvalue weighted by atomic mass is 127. The Labute approximate surface area is 189 Å². The summed E-state index contributed by atoms with van der Waals surface area (Å²) in [5.74, 6) is 1.50. The van der Waals surface area contributed by atoms with Crippen LogP contribution in [0.15, 0.2) is 4.99 Å². The number of hydrogen-bond acceptors (Lipinski definition) is 5. The first-order chi connectivity index (χ1) is 12.9. The molecule has 28 heavy (non-hydrogen) atoms. The molecular formula is C20H43IN6O. The van der Waals surface area contributed by atoms with Crippen LogP contribution in [0, 0.1) is 5.92 Å². The van der Waals surface area contributed by atoms with E-state index in [4.69, 9.17) is 4.74 Å². The lowest BCUT2D eigenvalue weighted by Gasteiger charge is -2.41. The van der Waals surface area contributed by atoms with E-state index in [1.807, 2.05) is 7.05 Å². The van der Waals surface area contributed by atoms with Gasteiger partial charge in [0, 0.05) is 71.5 Å². The van der Waals surface area contributed by atoms with Gasteiger partial charge >= 0.3 is 0 Å². The average Bonchev–Trinajstić information content (AvgIpc) is 2.69. The largest absolute Gasteiger partial charge is 0.379 e. The summed E-state index contributed by atoms with van der Waals surface area (Å²) < 4.78 is 5.48. The molecule has 166 valence electrons. The maximum absolute atomic E-state index is 5.48. The van der Waals surface area contributed by atoms with Crippen molar-refractivity contribution in [2.75, 3.05) is 85.7 Å². The van der Waals surface area contributed by atoms with Gasteiger partial charge in [0.2, 0.25) is 0 Å². The Bertz CT molecular complexity index is 448. The monoisotopic (exact) mass is 510 g/mol. The second kappa shape index (κ2) is 13.2. The van der Waals surface area contributed by atoms with Crippen molar-refractivity contribution in [3.63, 3.8) is 0 Å². The number of morpholine rings is 1. The van der Waals surface area contributed by atoms with Gasteiger partial charge in [-0.3, -0.25) is 9.89 Å². The molecule has 2 N–H and O–H groups in total. The smallest absolute Gasteiger partial charge is 0.191 e. The number of aliphatic imine (C=N–C) groups is 1. The Kier molecular flexibility index (Phi) is 12.2. The molecule has 2 saturated heterocycles. The van der Waals surface area contributed by atoms with Crippen LogP contribution < -0.4 is 10.6 Å². The average molecular weight is 511 g/mol. The number of nitrogens with one attached hydrogen (secondary N) is 2. The molecule has 2 heterocycles. The molecule has 0 aliphatic carbocycles. The maximum Gasteiger partial charge on any atom is 0.191 e. The van der Waals surface area contributed by atoms with E-state index in [2.05, 4.69) is 58.0 Å². The lowest BCUT2D eigenvalue weighted by atomic mass is 10.0. The molecule has 0 spiro atoms. The van der Waals surface area contributed by atoms with Crippen LogP contribution in [-0.2, 0) is 4.74 Å². The van der Waals surface area contributed by atoms with Gasteiger partial charge in [0.1, 0.15) is 0 Å². The van der Waals surface area contributed by atoms with Crippen LogP contribution >= 0.6 is 24.0 Å². The van der Waals surface area contributed by atoms with Crippen molar-refractivity contribution in [2.45, 2.75) is 33.2 Å². The molecule has 2 aliphatic rings. The summed E-state index contributed by atoms with van der Waals surface area (Å²) in [6.45, 7) is 21.8. The number of nitrogens with zero attached hydrogens (tertiary/aromatic N) is 4. The van der Waals surface area contributed by atoms with E-state index in [0.717, 1.165) is 51.9 Å². The molecule has 0 aromatic rings. The van der Waals surface area contributed by atoms with E-state index < -0.39 is 0 Å². The Morgan fingerprint density at radius 3 is 2.21 bits per heavy atom. The molecule has 0 amide bonds. The lowest BCUT2D eigenvalue weighted by Crippen LogP contribution is -2.56. The highest BCUT2D eigenvalue weighted by Crippen LogP contribution is 2.15. The van der Waals surface area contributed by atoms with Gasteiger partial charge in [0.05, 0.1) is 13.2 Å². The molecule has 0 radical (unpaired) electrons. The summed E-state index contributed by atoms with van der Waals surface area (Å²) in [6, 6.07) is 0. The van der Waals surface area contributed by atoms with E-state index in [9.17, 15) is 0 Å². The van der Waals surface area contributed by atoms with Crippen molar-refractivity contribution in [2.24, 2.45) is 10.9 Å². The summed E-state index contributed by atoms with van der Waals surface area (Å²) in [6.07, 6.45) is 0. The van der Waals surface area contributed by atoms with Crippen LogP contribution in [0.25, 0.3) is 0 Å². The first-order valence-corrected chi connectivity index (χ1v) is 10.7. The molecule has 8 heteroatoms. The summed E-state index contributed by atoms with van der Waals surface area (Å²) in [5, 5.41) is 7.03. The number of rotatable bonds is 8. The number of piperazine rings is 1. The number of likely N-dealkylation sites (N-methyl/N-ethyl adjacent to an activating group) is 1. The normalized spacial score (nSPS) is 21.8. The van der Waals surface area contributed by atoms with Crippen LogP contribution in [0.4, 0.5) is 0 Å². The zero-order valence-electron chi connectivity index (χ0n) is 18.7. The van der Waals surface area contributed by atoms with Gasteiger partial charge in [0.25, 0.3) is 0 Å². The van der Waals surface area contributed by atoms with Crippen molar-refractivity contribution in [1.29, 1.82) is 0 Å². The molecule has 0 saturated carbocycles. The fourth-order valence-corrected chi connectivity index (χ4v) is 3.87. The minimum absolute atomic E-state index is 0. The van der Waals surface area contributed by atoms with Gasteiger partial charge in [-0.25, -0.2) is 0 Å². The number of halogens is 1. The van der Waals surface area contributed by atoms with Gasteiger partial charge in [0.15, 0.2) is 5.96 Å². The van der Waals surface area contributed by atoms with Crippen molar-refractivity contribution < 1.29 is 4.74 Å².